The lowest BCUT2D eigenvalue weighted by atomic mass is 10.1. The molecule has 2 aromatic rings. The lowest BCUT2D eigenvalue weighted by Crippen LogP contribution is -2.63. The van der Waals surface area contributed by atoms with E-state index < -0.39 is 18.2 Å². The van der Waals surface area contributed by atoms with Crippen LogP contribution in [0.3, 0.4) is 0 Å². The molecule has 1 aromatic carbocycles. The molecule has 0 saturated carbocycles. The molecule has 200 valence electrons. The quantitative estimate of drug-likeness (QED) is 0.207. The van der Waals surface area contributed by atoms with Gasteiger partial charge in [-0.15, -0.1) is 10.2 Å². The molecule has 3 heterocycles. The molecule has 1 saturated heterocycles. The summed E-state index contributed by atoms with van der Waals surface area (Å²) in [5.74, 6) is -0.196. The first-order valence-corrected chi connectivity index (χ1v) is 14.0. The zero-order valence-corrected chi connectivity index (χ0v) is 23.1. The number of nitrogens with zero attached hydrogens (tertiary/aromatic N) is 5. The molecule has 10 nitrogen and oxygen atoms in total. The van der Waals surface area contributed by atoms with Crippen molar-refractivity contribution >= 4 is 50.4 Å². The maximum absolute atomic E-state index is 12.8. The number of likely N-dealkylation sites (N-methyl/N-ethyl adjacent to an activating group) is 1. The summed E-state index contributed by atoms with van der Waals surface area (Å²) in [6, 6.07) is 4.41. The van der Waals surface area contributed by atoms with Gasteiger partial charge in [-0.05, 0) is 24.6 Å². The summed E-state index contributed by atoms with van der Waals surface area (Å²) < 4.78 is 0.846. The van der Waals surface area contributed by atoms with Gasteiger partial charge in [-0.2, -0.15) is 0 Å². The highest BCUT2D eigenvalue weighted by Gasteiger charge is 2.48. The van der Waals surface area contributed by atoms with Gasteiger partial charge in [0.2, 0.25) is 11.8 Å². The van der Waals surface area contributed by atoms with Crippen molar-refractivity contribution in [3.05, 3.63) is 22.7 Å². The van der Waals surface area contributed by atoms with Crippen molar-refractivity contribution in [1.82, 2.24) is 20.1 Å². The number of aromatic nitrogens is 1. The molecule has 2 unspecified atom stereocenters. The molecule has 0 bridgehead atoms. The van der Waals surface area contributed by atoms with Gasteiger partial charge in [-0.25, -0.2) is 9.79 Å². The van der Waals surface area contributed by atoms with E-state index in [2.05, 4.69) is 48.4 Å². The first-order chi connectivity index (χ1) is 17.9. The Morgan fingerprint density at radius 1 is 1.03 bits per heavy atom. The number of hydrogen-bond donors (Lipinski definition) is 3. The highest BCUT2D eigenvalue weighted by Crippen LogP contribution is 2.37. The van der Waals surface area contributed by atoms with Crippen LogP contribution >= 0.6 is 15.9 Å². The topological polar surface area (TPSA) is 126 Å². The van der Waals surface area contributed by atoms with Crippen molar-refractivity contribution in [3.63, 3.8) is 0 Å². The van der Waals surface area contributed by atoms with Crippen LogP contribution in [0.1, 0.15) is 71.1 Å². The Balaban J connectivity index is 1.42. The van der Waals surface area contributed by atoms with Crippen molar-refractivity contribution in [2.45, 2.75) is 83.3 Å². The summed E-state index contributed by atoms with van der Waals surface area (Å²) in [5.41, 5.74) is 1.02. The van der Waals surface area contributed by atoms with E-state index in [1.54, 1.807) is 7.05 Å². The second kappa shape index (κ2) is 12.5. The number of carbonyl (C=O) groups excluding carboxylic acids is 2. The molecule has 3 N–H and O–H groups in total. The molecule has 1 aromatic heterocycles. The first-order valence-electron chi connectivity index (χ1n) is 13.2. The molecule has 3 amide bonds. The van der Waals surface area contributed by atoms with Crippen molar-refractivity contribution in [2.75, 3.05) is 13.6 Å². The van der Waals surface area contributed by atoms with Crippen LogP contribution in [-0.2, 0) is 4.79 Å². The predicted molar refractivity (Wildman–Crippen MR) is 147 cm³/mol. The zero-order chi connectivity index (χ0) is 26.4. The highest BCUT2D eigenvalue weighted by atomic mass is 79.9. The zero-order valence-electron chi connectivity index (χ0n) is 21.5. The molecule has 11 heteroatoms. The fourth-order valence-electron chi connectivity index (χ4n) is 4.93. The van der Waals surface area contributed by atoms with E-state index >= 15 is 0 Å². The van der Waals surface area contributed by atoms with Crippen LogP contribution in [0.2, 0.25) is 0 Å². The van der Waals surface area contributed by atoms with Crippen LogP contribution in [0, 0.1) is 0 Å². The van der Waals surface area contributed by atoms with Crippen molar-refractivity contribution in [2.24, 2.45) is 15.2 Å². The van der Waals surface area contributed by atoms with Crippen LogP contribution < -0.4 is 5.32 Å². The van der Waals surface area contributed by atoms with Crippen molar-refractivity contribution in [3.8, 4) is 5.88 Å². The largest absolute Gasteiger partial charge is 0.493 e. The number of urea groups is 1. The average Bonchev–Trinajstić information content (AvgIpc) is 3.39. The Bertz CT molecular complexity index is 1180. The SMILES string of the molecule is CCCCCCCCCCCCN1C(N=Nc2c(O)[nH]c3ccc(Br)cc23)=NC2C1C(=O)NC(=O)N2C. The second-order valence-electron chi connectivity index (χ2n) is 9.78. The van der Waals surface area contributed by atoms with Gasteiger partial charge in [0, 0.05) is 23.5 Å². The number of rotatable bonds is 12. The van der Waals surface area contributed by atoms with Crippen LogP contribution in [0.5, 0.6) is 5.88 Å². The fraction of sp³-hybridized carbons (Fsp3) is 0.577. The number of nitrogens with one attached hydrogen (secondary N) is 2. The third kappa shape index (κ3) is 6.31. The molecule has 0 spiro atoms. The maximum Gasteiger partial charge on any atom is 0.325 e. The summed E-state index contributed by atoms with van der Waals surface area (Å²) in [7, 11) is 1.62. The number of H-pyrrole nitrogens is 1. The van der Waals surface area contributed by atoms with E-state index in [0.29, 0.717) is 17.6 Å². The number of carbonyl (C=O) groups is 2. The van der Waals surface area contributed by atoms with Crippen LogP contribution in [0.25, 0.3) is 10.9 Å². The Morgan fingerprint density at radius 3 is 2.41 bits per heavy atom. The van der Waals surface area contributed by atoms with Gasteiger partial charge >= 0.3 is 6.03 Å². The van der Waals surface area contributed by atoms with E-state index in [4.69, 9.17) is 0 Å². The van der Waals surface area contributed by atoms with Crippen LogP contribution in [-0.4, -0.2) is 63.6 Å². The molecular formula is C26H36BrN7O3. The van der Waals surface area contributed by atoms with E-state index in [0.717, 1.165) is 29.3 Å². The average molecular weight is 575 g/mol. The van der Waals surface area contributed by atoms with Gasteiger partial charge in [-0.1, -0.05) is 80.6 Å². The molecule has 0 radical (unpaired) electrons. The maximum atomic E-state index is 12.8. The summed E-state index contributed by atoms with van der Waals surface area (Å²) in [4.78, 5) is 35.7. The van der Waals surface area contributed by atoms with Crippen molar-refractivity contribution < 1.29 is 14.7 Å². The minimum absolute atomic E-state index is 0.0980. The number of aromatic amines is 1. The third-order valence-corrected chi connectivity index (χ3v) is 7.54. The van der Waals surface area contributed by atoms with Gasteiger partial charge in [0.25, 0.3) is 5.91 Å². The van der Waals surface area contributed by atoms with E-state index in [1.807, 2.05) is 23.1 Å². The second-order valence-corrected chi connectivity index (χ2v) is 10.7. The van der Waals surface area contributed by atoms with Gasteiger partial charge in [-0.3, -0.25) is 10.1 Å². The molecule has 4 rings (SSSR count). The number of unbranched alkanes of at least 4 members (excludes halogenated alkanes) is 9. The highest BCUT2D eigenvalue weighted by molar-refractivity contribution is 9.10. The number of guanidine groups is 1. The molecule has 2 aliphatic rings. The first kappa shape index (κ1) is 27.1. The summed E-state index contributed by atoms with van der Waals surface area (Å²) in [5, 5.41) is 22.2. The number of benzene rings is 1. The minimum atomic E-state index is -0.663. The lowest BCUT2D eigenvalue weighted by molar-refractivity contribution is -0.127. The van der Waals surface area contributed by atoms with Crippen molar-refractivity contribution in [1.29, 1.82) is 0 Å². The Hall–Kier alpha value is -2.95. The minimum Gasteiger partial charge on any atom is -0.493 e. The monoisotopic (exact) mass is 573 g/mol. The number of azo groups is 1. The lowest BCUT2D eigenvalue weighted by Gasteiger charge is -2.35. The summed E-state index contributed by atoms with van der Waals surface area (Å²) in [6.45, 7) is 2.81. The van der Waals surface area contributed by atoms with Gasteiger partial charge in [0.15, 0.2) is 17.9 Å². The molecule has 0 aliphatic carbocycles. The molecule has 2 aliphatic heterocycles. The smallest absolute Gasteiger partial charge is 0.325 e. The van der Waals surface area contributed by atoms with E-state index in [1.165, 1.54) is 49.8 Å². The molecule has 37 heavy (non-hydrogen) atoms. The molecule has 2 atom stereocenters. The normalized spacial score (nSPS) is 19.7. The van der Waals surface area contributed by atoms with Crippen LogP contribution in [0.4, 0.5) is 10.5 Å². The number of amides is 3. The van der Waals surface area contributed by atoms with Crippen LogP contribution in [0.15, 0.2) is 37.9 Å². The Morgan fingerprint density at radius 2 is 1.70 bits per heavy atom. The van der Waals surface area contributed by atoms with Gasteiger partial charge in [0.05, 0.1) is 5.52 Å². The number of halogens is 1. The van der Waals surface area contributed by atoms with E-state index in [9.17, 15) is 14.7 Å². The van der Waals surface area contributed by atoms with Gasteiger partial charge in [0.1, 0.15) is 0 Å². The molecule has 1 fully saturated rings. The Kier molecular flexibility index (Phi) is 9.18. The standard InChI is InChI=1S/C26H36BrN7O3/c1-3-4-5-6-7-8-9-10-11-12-15-34-21-22(33(2)26(37)30-24(21)36)29-25(34)32-31-20-18-16-17(27)13-14-19(18)28-23(20)35/h13-14,16,21-22,28,35H,3-12,15H2,1-2H3,(H,30,36,37). The number of fused-ring (bicyclic) bond motifs is 2. The third-order valence-electron chi connectivity index (χ3n) is 7.04. The number of aromatic hydroxyl groups is 1. The van der Waals surface area contributed by atoms with E-state index in [-0.39, 0.29) is 17.7 Å². The number of imide groups is 1. The number of aliphatic imine (C=N–C) groups is 1. The summed E-state index contributed by atoms with van der Waals surface area (Å²) >= 11 is 3.45. The van der Waals surface area contributed by atoms with Gasteiger partial charge < -0.3 is 19.9 Å². The summed E-state index contributed by atoms with van der Waals surface area (Å²) in [6.07, 6.45) is 11.4. The number of hydrogen-bond acceptors (Lipinski definition) is 7. The predicted octanol–water partition coefficient (Wildman–Crippen LogP) is 6.19. The molecular weight excluding hydrogens is 538 g/mol. The fourth-order valence-corrected chi connectivity index (χ4v) is 5.30. The Labute approximate surface area is 225 Å².